The van der Waals surface area contributed by atoms with Crippen LogP contribution in [0.15, 0.2) is 66.7 Å². The third-order valence-corrected chi connectivity index (χ3v) is 6.37. The Morgan fingerprint density at radius 1 is 0.943 bits per heavy atom. The van der Waals surface area contributed by atoms with Crippen molar-refractivity contribution in [1.82, 2.24) is 15.1 Å². The van der Waals surface area contributed by atoms with Crippen molar-refractivity contribution in [2.75, 3.05) is 25.0 Å². The molecule has 1 fully saturated rings. The van der Waals surface area contributed by atoms with Gasteiger partial charge in [-0.05, 0) is 67.4 Å². The summed E-state index contributed by atoms with van der Waals surface area (Å²) in [4.78, 5) is 53.6. The number of carbonyl (C=O) groups excluding carboxylic acids is 4. The molecule has 1 heterocycles. The number of hydrogen-bond acceptors (Lipinski definition) is 4. The van der Waals surface area contributed by atoms with Crippen LogP contribution < -0.4 is 10.6 Å². The van der Waals surface area contributed by atoms with Gasteiger partial charge in [-0.25, -0.2) is 4.79 Å². The Labute approximate surface area is 203 Å². The molecule has 1 atom stereocenters. The van der Waals surface area contributed by atoms with Crippen molar-refractivity contribution in [2.45, 2.75) is 26.3 Å². The van der Waals surface area contributed by atoms with Crippen molar-refractivity contribution < 1.29 is 19.2 Å². The van der Waals surface area contributed by atoms with Crippen LogP contribution in [0.5, 0.6) is 0 Å². The summed E-state index contributed by atoms with van der Waals surface area (Å²) in [6.45, 7) is 6.26. The SMILES string of the molecule is CCN(CC)C(=O)c1ccc(NC(=O)CN2C(=O)N[C@@](C)(c3ccc4ccccc4c3)C2=O)cc1. The monoisotopic (exact) mass is 472 g/mol. The first-order chi connectivity index (χ1) is 16.8. The van der Waals surface area contributed by atoms with E-state index in [-0.39, 0.29) is 5.91 Å². The van der Waals surface area contributed by atoms with Crippen LogP contribution in [-0.4, -0.2) is 53.2 Å². The van der Waals surface area contributed by atoms with E-state index in [1.54, 1.807) is 36.1 Å². The van der Waals surface area contributed by atoms with Gasteiger partial charge in [0, 0.05) is 24.3 Å². The normalized spacial score (nSPS) is 17.4. The molecule has 0 aromatic heterocycles. The molecular formula is C27H28N4O4. The Kier molecular flexibility index (Phi) is 6.55. The molecule has 0 bridgehead atoms. The Morgan fingerprint density at radius 2 is 1.60 bits per heavy atom. The lowest BCUT2D eigenvalue weighted by molar-refractivity contribution is -0.133. The molecule has 3 aromatic rings. The Hall–Kier alpha value is -4.20. The minimum Gasteiger partial charge on any atom is -0.339 e. The van der Waals surface area contributed by atoms with Gasteiger partial charge in [-0.15, -0.1) is 0 Å². The van der Waals surface area contributed by atoms with Crippen molar-refractivity contribution >= 4 is 40.2 Å². The lowest BCUT2D eigenvalue weighted by atomic mass is 9.90. The third-order valence-electron chi connectivity index (χ3n) is 6.37. The number of anilines is 1. The van der Waals surface area contributed by atoms with Crippen LogP contribution in [0.1, 0.15) is 36.7 Å². The topological polar surface area (TPSA) is 98.8 Å². The minimum atomic E-state index is -1.27. The zero-order valence-electron chi connectivity index (χ0n) is 20.0. The summed E-state index contributed by atoms with van der Waals surface area (Å²) in [5.74, 6) is -1.09. The van der Waals surface area contributed by atoms with Crippen molar-refractivity contribution in [3.8, 4) is 0 Å². The van der Waals surface area contributed by atoms with Gasteiger partial charge in [0.2, 0.25) is 5.91 Å². The molecule has 8 heteroatoms. The molecule has 1 saturated heterocycles. The number of rotatable bonds is 7. The fourth-order valence-corrected chi connectivity index (χ4v) is 4.27. The van der Waals surface area contributed by atoms with Gasteiger partial charge in [-0.3, -0.25) is 19.3 Å². The molecule has 0 spiro atoms. The number of nitrogens with one attached hydrogen (secondary N) is 2. The van der Waals surface area contributed by atoms with Gasteiger partial charge in [0.15, 0.2) is 0 Å². The second-order valence-electron chi connectivity index (χ2n) is 8.61. The number of urea groups is 1. The molecule has 8 nitrogen and oxygen atoms in total. The molecule has 0 saturated carbocycles. The quantitative estimate of drug-likeness (QED) is 0.512. The number of hydrogen-bond donors (Lipinski definition) is 2. The number of fused-ring (bicyclic) bond motifs is 1. The summed E-state index contributed by atoms with van der Waals surface area (Å²) in [5.41, 5.74) is 0.363. The molecule has 5 amide bonds. The zero-order chi connectivity index (χ0) is 25.2. The van der Waals surface area contributed by atoms with Crippen molar-refractivity contribution in [1.29, 1.82) is 0 Å². The molecule has 1 aliphatic rings. The number of amides is 5. The van der Waals surface area contributed by atoms with Crippen LogP contribution in [0.2, 0.25) is 0 Å². The van der Waals surface area contributed by atoms with Gasteiger partial charge in [0.1, 0.15) is 12.1 Å². The Morgan fingerprint density at radius 3 is 2.26 bits per heavy atom. The number of carbonyl (C=O) groups is 4. The van der Waals surface area contributed by atoms with E-state index in [0.717, 1.165) is 15.7 Å². The van der Waals surface area contributed by atoms with E-state index in [4.69, 9.17) is 0 Å². The first kappa shape index (κ1) is 23.9. The van der Waals surface area contributed by atoms with Crippen molar-refractivity contribution in [2.24, 2.45) is 0 Å². The van der Waals surface area contributed by atoms with Gasteiger partial charge in [-0.2, -0.15) is 0 Å². The van der Waals surface area contributed by atoms with Crippen LogP contribution >= 0.6 is 0 Å². The van der Waals surface area contributed by atoms with E-state index < -0.39 is 29.9 Å². The third kappa shape index (κ3) is 4.59. The summed E-state index contributed by atoms with van der Waals surface area (Å²) in [6, 6.07) is 19.2. The molecular weight excluding hydrogens is 444 g/mol. The average Bonchev–Trinajstić information content (AvgIpc) is 3.08. The maximum absolute atomic E-state index is 13.2. The standard InChI is InChI=1S/C27H28N4O4/c1-4-30(5-2)24(33)19-11-14-22(15-12-19)28-23(32)17-31-25(34)27(3,29-26(31)35)21-13-10-18-8-6-7-9-20(18)16-21/h6-16H,4-5,17H2,1-3H3,(H,28,32)(H,29,35)/t27-/m0/s1. The van der Waals surface area contributed by atoms with Crippen LogP contribution in [0.3, 0.4) is 0 Å². The van der Waals surface area contributed by atoms with E-state index in [1.807, 2.05) is 56.3 Å². The smallest absolute Gasteiger partial charge is 0.325 e. The second-order valence-corrected chi connectivity index (χ2v) is 8.61. The first-order valence-electron chi connectivity index (χ1n) is 11.6. The summed E-state index contributed by atoms with van der Waals surface area (Å²) in [7, 11) is 0. The molecule has 4 rings (SSSR count). The lowest BCUT2D eigenvalue weighted by Crippen LogP contribution is -2.42. The van der Waals surface area contributed by atoms with Gasteiger partial charge in [-0.1, -0.05) is 36.4 Å². The number of nitrogens with zero attached hydrogens (tertiary/aromatic N) is 2. The molecule has 0 aliphatic carbocycles. The molecule has 180 valence electrons. The van der Waals surface area contributed by atoms with Crippen LogP contribution in [0.4, 0.5) is 10.5 Å². The predicted octanol–water partition coefficient (Wildman–Crippen LogP) is 3.73. The molecule has 3 aromatic carbocycles. The zero-order valence-corrected chi connectivity index (χ0v) is 20.0. The van der Waals surface area contributed by atoms with E-state index in [1.165, 1.54) is 0 Å². The molecule has 35 heavy (non-hydrogen) atoms. The highest BCUT2D eigenvalue weighted by Gasteiger charge is 2.49. The van der Waals surface area contributed by atoms with Crippen LogP contribution in [0, 0.1) is 0 Å². The Bertz CT molecular complexity index is 1300. The number of imide groups is 1. The minimum absolute atomic E-state index is 0.0832. The molecule has 2 N–H and O–H groups in total. The van der Waals surface area contributed by atoms with Gasteiger partial charge < -0.3 is 15.5 Å². The van der Waals surface area contributed by atoms with Crippen molar-refractivity contribution in [3.05, 3.63) is 77.9 Å². The van der Waals surface area contributed by atoms with Crippen molar-refractivity contribution in [3.63, 3.8) is 0 Å². The maximum atomic E-state index is 13.2. The van der Waals surface area contributed by atoms with Gasteiger partial charge >= 0.3 is 6.03 Å². The van der Waals surface area contributed by atoms with Gasteiger partial charge in [0.05, 0.1) is 0 Å². The maximum Gasteiger partial charge on any atom is 0.325 e. The van der Waals surface area contributed by atoms with E-state index >= 15 is 0 Å². The fraction of sp³-hybridized carbons (Fsp3) is 0.259. The predicted molar refractivity (Wildman–Crippen MR) is 134 cm³/mol. The lowest BCUT2D eigenvalue weighted by Gasteiger charge is -2.22. The summed E-state index contributed by atoms with van der Waals surface area (Å²) >= 11 is 0. The van der Waals surface area contributed by atoms with Crippen LogP contribution in [-0.2, 0) is 15.1 Å². The summed E-state index contributed by atoms with van der Waals surface area (Å²) < 4.78 is 0. The van der Waals surface area contributed by atoms with E-state index in [9.17, 15) is 19.2 Å². The van der Waals surface area contributed by atoms with Gasteiger partial charge in [0.25, 0.3) is 11.8 Å². The molecule has 0 radical (unpaired) electrons. The van der Waals surface area contributed by atoms with Crippen LogP contribution in [0.25, 0.3) is 10.8 Å². The largest absolute Gasteiger partial charge is 0.339 e. The highest BCUT2D eigenvalue weighted by atomic mass is 16.2. The molecule has 1 aliphatic heterocycles. The molecule has 0 unspecified atom stereocenters. The summed E-state index contributed by atoms with van der Waals surface area (Å²) in [5, 5.41) is 7.40. The van der Waals surface area contributed by atoms with E-state index in [2.05, 4.69) is 10.6 Å². The highest BCUT2D eigenvalue weighted by Crippen LogP contribution is 2.31. The number of benzene rings is 3. The fourth-order valence-electron chi connectivity index (χ4n) is 4.27. The average molecular weight is 473 g/mol. The summed E-state index contributed by atoms with van der Waals surface area (Å²) in [6.07, 6.45) is 0. The first-order valence-corrected chi connectivity index (χ1v) is 11.6. The van der Waals surface area contributed by atoms with E-state index in [0.29, 0.717) is 29.9 Å². The Balaban J connectivity index is 1.44. The second kappa shape index (κ2) is 9.58. The highest BCUT2D eigenvalue weighted by molar-refractivity contribution is 6.10.